The Morgan fingerprint density at radius 2 is 2.11 bits per heavy atom. The molecule has 1 rings (SSSR count). The molecule has 0 atom stereocenters. The van der Waals surface area contributed by atoms with Gasteiger partial charge >= 0.3 is 5.97 Å². The third-order valence-electron chi connectivity index (χ3n) is 3.37. The number of rotatable bonds is 6. The second kappa shape index (κ2) is 7.34. The lowest BCUT2D eigenvalue weighted by Gasteiger charge is -2.35. The summed E-state index contributed by atoms with van der Waals surface area (Å²) in [5.41, 5.74) is -0.664. The highest BCUT2D eigenvalue weighted by atomic mass is 16.5. The predicted octanol–water partition coefficient (Wildman–Crippen LogP) is 1.33. The average Bonchev–Trinajstić information content (AvgIpc) is 2.40. The summed E-state index contributed by atoms with van der Waals surface area (Å²) in [6, 6.07) is 2.22. The second-order valence-electron chi connectivity index (χ2n) is 4.66. The monoisotopic (exact) mass is 254 g/mol. The van der Waals surface area contributed by atoms with Crippen LogP contribution < -0.4 is 0 Å². The van der Waals surface area contributed by atoms with Crippen molar-refractivity contribution in [3.63, 3.8) is 0 Å². The Morgan fingerprint density at radius 3 is 2.61 bits per heavy atom. The van der Waals surface area contributed by atoms with Crippen LogP contribution >= 0.6 is 0 Å². The Bertz CT molecular complexity index is 304. The number of hydrogen-bond donors (Lipinski definition) is 0. The zero-order valence-corrected chi connectivity index (χ0v) is 11.3. The molecule has 1 fully saturated rings. The quantitative estimate of drug-likeness (QED) is 0.528. The number of hydrogen-bond acceptors (Lipinski definition) is 5. The molecule has 0 aromatic rings. The zero-order chi connectivity index (χ0) is 13.4. The van der Waals surface area contributed by atoms with E-state index in [0.29, 0.717) is 39.1 Å². The summed E-state index contributed by atoms with van der Waals surface area (Å²) in [7, 11) is 1.57. The van der Waals surface area contributed by atoms with Crippen molar-refractivity contribution in [3.05, 3.63) is 0 Å². The van der Waals surface area contributed by atoms with Crippen molar-refractivity contribution in [3.8, 4) is 6.07 Å². The van der Waals surface area contributed by atoms with Crippen LogP contribution in [-0.2, 0) is 14.3 Å². The van der Waals surface area contributed by atoms with E-state index in [4.69, 9.17) is 14.7 Å². The van der Waals surface area contributed by atoms with Gasteiger partial charge in [0.05, 0.1) is 19.2 Å². The maximum atomic E-state index is 11.5. The summed E-state index contributed by atoms with van der Waals surface area (Å²) in [4.78, 5) is 13.5. The number of ether oxygens (including phenoxy) is 2. The van der Waals surface area contributed by atoms with Gasteiger partial charge in [-0.15, -0.1) is 0 Å². The van der Waals surface area contributed by atoms with Gasteiger partial charge in [0.2, 0.25) is 0 Å². The van der Waals surface area contributed by atoms with Crippen molar-refractivity contribution in [1.82, 2.24) is 4.90 Å². The van der Waals surface area contributed by atoms with Gasteiger partial charge in [0.15, 0.2) is 5.60 Å². The molecular weight excluding hydrogens is 232 g/mol. The highest BCUT2D eigenvalue weighted by Crippen LogP contribution is 2.24. The minimum Gasteiger partial charge on any atom is -0.465 e. The van der Waals surface area contributed by atoms with Crippen molar-refractivity contribution in [2.75, 3.05) is 33.4 Å². The molecule has 1 saturated heterocycles. The summed E-state index contributed by atoms with van der Waals surface area (Å²) in [5.74, 6) is -0.176. The first-order valence-electron chi connectivity index (χ1n) is 6.50. The molecule has 0 spiro atoms. The van der Waals surface area contributed by atoms with E-state index in [1.165, 1.54) is 0 Å². The van der Waals surface area contributed by atoms with E-state index < -0.39 is 5.60 Å². The zero-order valence-electron chi connectivity index (χ0n) is 11.3. The first kappa shape index (κ1) is 14.9. The van der Waals surface area contributed by atoms with E-state index in [2.05, 4.69) is 13.0 Å². The number of nitrogens with zero attached hydrogens (tertiary/aromatic N) is 2. The van der Waals surface area contributed by atoms with E-state index in [1.54, 1.807) is 7.11 Å². The first-order chi connectivity index (χ1) is 8.65. The van der Waals surface area contributed by atoms with Crippen molar-refractivity contribution >= 4 is 5.97 Å². The van der Waals surface area contributed by atoms with Crippen molar-refractivity contribution in [2.24, 2.45) is 0 Å². The molecule has 18 heavy (non-hydrogen) atoms. The Hall–Kier alpha value is -1.12. The maximum absolute atomic E-state index is 11.5. The lowest BCUT2D eigenvalue weighted by Crippen LogP contribution is -2.46. The average molecular weight is 254 g/mol. The number of methoxy groups -OCH3 is 1. The van der Waals surface area contributed by atoms with Crippen LogP contribution in [0.4, 0.5) is 0 Å². The third-order valence-corrected chi connectivity index (χ3v) is 3.37. The molecular formula is C13H22N2O3. The summed E-state index contributed by atoms with van der Waals surface area (Å²) in [6.45, 7) is 4.28. The highest BCUT2D eigenvalue weighted by Gasteiger charge is 2.35. The number of carbonyl (C=O) groups excluding carboxylic acids is 1. The highest BCUT2D eigenvalue weighted by molar-refractivity contribution is 5.71. The largest absolute Gasteiger partial charge is 0.465 e. The van der Waals surface area contributed by atoms with Gasteiger partial charge in [-0.3, -0.25) is 9.69 Å². The van der Waals surface area contributed by atoms with Gasteiger partial charge in [-0.2, -0.15) is 5.26 Å². The Labute approximate surface area is 109 Å². The van der Waals surface area contributed by atoms with Crippen molar-refractivity contribution in [1.29, 1.82) is 5.26 Å². The number of likely N-dealkylation sites (tertiary alicyclic amines) is 1. The third kappa shape index (κ3) is 4.28. The Balaban J connectivity index is 2.27. The van der Waals surface area contributed by atoms with Crippen LogP contribution in [-0.4, -0.2) is 49.8 Å². The van der Waals surface area contributed by atoms with Gasteiger partial charge in [0.1, 0.15) is 0 Å². The van der Waals surface area contributed by atoms with Gasteiger partial charge in [0, 0.05) is 33.0 Å². The molecule has 1 aliphatic rings. The van der Waals surface area contributed by atoms with E-state index in [9.17, 15) is 4.79 Å². The topological polar surface area (TPSA) is 62.6 Å². The molecule has 0 bridgehead atoms. The van der Waals surface area contributed by atoms with E-state index in [0.717, 1.165) is 12.8 Å². The molecule has 1 heterocycles. The van der Waals surface area contributed by atoms with Crippen molar-refractivity contribution < 1.29 is 14.3 Å². The molecule has 102 valence electrons. The van der Waals surface area contributed by atoms with Crippen LogP contribution in [0.25, 0.3) is 0 Å². The fraction of sp³-hybridized carbons (Fsp3) is 0.846. The van der Waals surface area contributed by atoms with Gasteiger partial charge in [-0.1, -0.05) is 13.3 Å². The number of unbranched alkanes of at least 4 members (excludes halogenated alkanes) is 1. The number of carbonyl (C=O) groups is 1. The lowest BCUT2D eigenvalue weighted by atomic mass is 9.93. The van der Waals surface area contributed by atoms with Crippen LogP contribution in [0.1, 0.15) is 32.6 Å². The van der Waals surface area contributed by atoms with Crippen LogP contribution in [0.3, 0.4) is 0 Å². The van der Waals surface area contributed by atoms with Crippen LogP contribution in [0.5, 0.6) is 0 Å². The SMILES string of the molecule is CCCCOC(=O)CN1CCC(C#N)(OC)CC1. The van der Waals surface area contributed by atoms with Gasteiger partial charge in [-0.05, 0) is 6.42 Å². The second-order valence-corrected chi connectivity index (χ2v) is 4.66. The fourth-order valence-electron chi connectivity index (χ4n) is 1.99. The van der Waals surface area contributed by atoms with E-state index in [1.807, 2.05) is 4.90 Å². The Morgan fingerprint density at radius 1 is 1.44 bits per heavy atom. The summed E-state index contributed by atoms with van der Waals surface area (Å²) in [5, 5.41) is 9.07. The first-order valence-corrected chi connectivity index (χ1v) is 6.50. The molecule has 0 N–H and O–H groups in total. The van der Waals surface area contributed by atoms with Gasteiger partial charge < -0.3 is 9.47 Å². The Kier molecular flexibility index (Phi) is 6.10. The normalized spacial score (nSPS) is 19.2. The summed E-state index contributed by atoms with van der Waals surface area (Å²) >= 11 is 0. The lowest BCUT2D eigenvalue weighted by molar-refractivity contribution is -0.146. The van der Waals surface area contributed by atoms with E-state index in [-0.39, 0.29) is 5.97 Å². The maximum Gasteiger partial charge on any atom is 0.320 e. The molecule has 0 amide bonds. The van der Waals surface area contributed by atoms with Gasteiger partial charge in [0.25, 0.3) is 0 Å². The van der Waals surface area contributed by atoms with E-state index >= 15 is 0 Å². The molecule has 0 radical (unpaired) electrons. The minimum absolute atomic E-state index is 0.176. The van der Waals surface area contributed by atoms with Crippen LogP contribution in [0.15, 0.2) is 0 Å². The number of esters is 1. The van der Waals surface area contributed by atoms with Crippen LogP contribution in [0, 0.1) is 11.3 Å². The smallest absolute Gasteiger partial charge is 0.320 e. The standard InChI is InChI=1S/C13H22N2O3/c1-3-4-9-18-12(16)10-15-7-5-13(11-14,17-2)6-8-15/h3-10H2,1-2H3. The molecule has 1 aliphatic heterocycles. The molecule has 0 saturated carbocycles. The molecule has 0 aromatic heterocycles. The summed E-state index contributed by atoms with van der Waals surface area (Å²) in [6.07, 6.45) is 3.22. The number of piperidine rings is 1. The van der Waals surface area contributed by atoms with Gasteiger partial charge in [-0.25, -0.2) is 0 Å². The molecule has 0 aliphatic carbocycles. The molecule has 0 unspecified atom stereocenters. The molecule has 5 heteroatoms. The minimum atomic E-state index is -0.664. The number of nitriles is 1. The predicted molar refractivity (Wildman–Crippen MR) is 66.9 cm³/mol. The van der Waals surface area contributed by atoms with Crippen LogP contribution in [0.2, 0.25) is 0 Å². The molecule has 0 aromatic carbocycles. The summed E-state index contributed by atoms with van der Waals surface area (Å²) < 4.78 is 10.4. The van der Waals surface area contributed by atoms with Crippen molar-refractivity contribution in [2.45, 2.75) is 38.2 Å². The fourth-order valence-corrected chi connectivity index (χ4v) is 1.99. The molecule has 5 nitrogen and oxygen atoms in total.